The fraction of sp³-hybridized carbons (Fsp3) is 0.351. The van der Waals surface area contributed by atoms with Crippen molar-refractivity contribution in [3.05, 3.63) is 183 Å². The Morgan fingerprint density at radius 3 is 0.920 bits per heavy atom. The van der Waals surface area contributed by atoms with Gasteiger partial charge in [0.1, 0.15) is 23.0 Å². The van der Waals surface area contributed by atoms with Crippen LogP contribution in [0.1, 0.15) is 57.1 Å². The molecule has 0 spiro atoms. The number of aliphatic hydroxyl groups is 1. The maximum atomic E-state index is 12.3. The highest BCUT2D eigenvalue weighted by Gasteiger charge is 2.35. The third-order valence-electron chi connectivity index (χ3n) is 17.0. The topological polar surface area (TPSA) is 277 Å². The van der Waals surface area contributed by atoms with Crippen LogP contribution in [-0.2, 0) is 49.8 Å². The second-order valence-electron chi connectivity index (χ2n) is 24.9. The maximum Gasteiger partial charge on any atom is 0.573 e. The van der Waals surface area contributed by atoms with Crippen LogP contribution in [0, 0.1) is 0 Å². The number of fused-ring (bicyclic) bond motifs is 4. The number of pyridine rings is 4. The Bertz CT molecular complexity index is 4730. The van der Waals surface area contributed by atoms with Crippen LogP contribution in [0.25, 0.3) is 78.7 Å². The molecular weight excluding hydrogens is 1540 g/mol. The van der Waals surface area contributed by atoms with Crippen LogP contribution < -0.4 is 41.0 Å². The van der Waals surface area contributed by atoms with Crippen molar-refractivity contribution in [1.82, 2.24) is 33.6 Å². The van der Waals surface area contributed by atoms with Crippen molar-refractivity contribution in [3.63, 3.8) is 0 Å². The van der Waals surface area contributed by atoms with E-state index in [1.807, 2.05) is 0 Å². The zero-order valence-corrected chi connectivity index (χ0v) is 59.4. The number of carbonyl (C=O) groups is 1. The van der Waals surface area contributed by atoms with E-state index in [0.29, 0.717) is 130 Å². The van der Waals surface area contributed by atoms with E-state index in [2.05, 4.69) is 38.9 Å². The summed E-state index contributed by atoms with van der Waals surface area (Å²) in [6, 6.07) is 34.5. The molecular formula is C74H66F13N7O17S. The number of alkyl halides is 12. The summed E-state index contributed by atoms with van der Waals surface area (Å²) >= 11 is 0.250. The largest absolute Gasteiger partial charge is 0.573 e. The number of aliphatic hydroxyl groups excluding tert-OH is 1. The van der Waals surface area contributed by atoms with Gasteiger partial charge in [0.25, 0.3) is 0 Å². The normalized spacial score (nSPS) is 17.4. The summed E-state index contributed by atoms with van der Waals surface area (Å²) in [4.78, 5) is 65.2. The fourth-order valence-corrected chi connectivity index (χ4v) is 12.0. The van der Waals surface area contributed by atoms with Crippen molar-refractivity contribution < 1.29 is 122 Å². The molecule has 0 aliphatic carbocycles. The predicted octanol–water partition coefficient (Wildman–Crippen LogP) is 15.7. The summed E-state index contributed by atoms with van der Waals surface area (Å²) in [6.45, 7) is 4.08. The number of hydrogen-bond donors (Lipinski definition) is 1. The molecule has 2 unspecified atom stereocenters. The van der Waals surface area contributed by atoms with E-state index in [1.54, 1.807) is 48.5 Å². The number of ether oxygens (including phenoxy) is 9. The number of nitrogens with zero attached hydrogens (tertiary/aromatic N) is 7. The lowest BCUT2D eigenvalue weighted by atomic mass is 10.1. The first-order chi connectivity index (χ1) is 53.4. The number of halogens is 13. The van der Waals surface area contributed by atoms with Gasteiger partial charge in [0.05, 0.1) is 85.5 Å². The lowest BCUT2D eigenvalue weighted by Crippen LogP contribution is -2.23. The van der Waals surface area contributed by atoms with Gasteiger partial charge in [0.2, 0.25) is 0 Å². The van der Waals surface area contributed by atoms with Crippen LogP contribution in [0.3, 0.4) is 0 Å². The van der Waals surface area contributed by atoms with Crippen LogP contribution in [0.15, 0.2) is 173 Å². The Morgan fingerprint density at radius 2 is 0.670 bits per heavy atom. The summed E-state index contributed by atoms with van der Waals surface area (Å²) in [5, 5.41) is 8.44. The van der Waals surface area contributed by atoms with Gasteiger partial charge in [-0.05, 0) is 197 Å². The Kier molecular flexibility index (Phi) is 26.8. The first-order valence-electron chi connectivity index (χ1n) is 34.3. The van der Waals surface area contributed by atoms with E-state index >= 15 is 0 Å². The molecule has 0 radical (unpaired) electrons. The van der Waals surface area contributed by atoms with E-state index in [0.717, 1.165) is 58.0 Å². The van der Waals surface area contributed by atoms with Crippen molar-refractivity contribution >= 4 is 51.8 Å². The van der Waals surface area contributed by atoms with Gasteiger partial charge < -0.3 is 61.0 Å². The second kappa shape index (κ2) is 36.6. The zero-order chi connectivity index (χ0) is 79.9. The summed E-state index contributed by atoms with van der Waals surface area (Å²) in [6.07, 6.45) is -9.94. The standard InChI is InChI=1S/3C18H15F3N2O4.C14H8F3NO3.C5H10O2.CH3FS/c3*19-18(20,21)27-12-5-3-11(4-6-12)14-7-8-15-16(22-14)23(17(24)26-15)10-13-2-1-9-25-13;15-14(16,17)21-9-3-1-8(2-4-9)10-5-6-12-11(18-10)7-13(19)20-12;6-4-5-2-1-3-7-5;1-3-2/h3*3-8,13H,1-2,9-10H2;1-6H,7H2;5-6H,1-4H2;1H3/t2*13-;;;;/m10..../s1. The van der Waals surface area contributed by atoms with Gasteiger partial charge in [0.15, 0.2) is 39.4 Å². The molecule has 0 amide bonds. The van der Waals surface area contributed by atoms with Crippen LogP contribution in [0.4, 0.5) is 56.6 Å². The summed E-state index contributed by atoms with van der Waals surface area (Å²) in [7, 11) is 0. The minimum absolute atomic E-state index is 0.0623. The van der Waals surface area contributed by atoms with E-state index < -0.39 is 42.7 Å². The Morgan fingerprint density at radius 1 is 0.402 bits per heavy atom. The van der Waals surface area contributed by atoms with Gasteiger partial charge in [-0.25, -0.2) is 34.3 Å². The minimum atomic E-state index is -4.74. The zero-order valence-electron chi connectivity index (χ0n) is 58.6. The minimum Gasteiger partial charge on any atom is -0.424 e. The van der Waals surface area contributed by atoms with Crippen LogP contribution >= 0.6 is 12.1 Å². The molecule has 596 valence electrons. The number of benzene rings is 4. The molecule has 112 heavy (non-hydrogen) atoms. The molecule has 4 saturated heterocycles. The molecule has 1 N–H and O–H groups in total. The van der Waals surface area contributed by atoms with Crippen molar-refractivity contribution in [2.24, 2.45) is 0 Å². The van der Waals surface area contributed by atoms with Crippen molar-refractivity contribution in [2.45, 2.75) is 127 Å². The van der Waals surface area contributed by atoms with E-state index in [4.69, 9.17) is 42.0 Å². The van der Waals surface area contributed by atoms with E-state index in [9.17, 15) is 75.7 Å². The molecule has 5 aliphatic heterocycles. The van der Waals surface area contributed by atoms with Crippen LogP contribution in [0.2, 0.25) is 0 Å². The third-order valence-corrected chi connectivity index (χ3v) is 17.0. The average molecular weight is 1600 g/mol. The molecule has 7 aromatic heterocycles. The molecule has 0 saturated carbocycles. The Hall–Kier alpha value is -10.8. The van der Waals surface area contributed by atoms with Crippen molar-refractivity contribution in [1.29, 1.82) is 0 Å². The molecule has 0 bridgehead atoms. The third kappa shape index (κ3) is 23.2. The maximum absolute atomic E-state index is 12.3. The van der Waals surface area contributed by atoms with Gasteiger partial charge in [-0.1, -0.05) is 0 Å². The average Bonchev–Trinajstić information content (AvgIpc) is 1.62. The molecule has 4 fully saturated rings. The van der Waals surface area contributed by atoms with Gasteiger partial charge in [-0.15, -0.1) is 52.7 Å². The number of aromatic nitrogens is 7. The highest BCUT2D eigenvalue weighted by molar-refractivity contribution is 7.93. The number of rotatable bonds is 15. The highest BCUT2D eigenvalue weighted by atomic mass is 32.2. The first-order valence-corrected chi connectivity index (χ1v) is 35.4. The molecule has 16 rings (SSSR count). The molecule has 4 aromatic carbocycles. The quantitative estimate of drug-likeness (QED) is 0.0737. The number of esters is 1. The summed E-state index contributed by atoms with van der Waals surface area (Å²) < 4.78 is 219. The van der Waals surface area contributed by atoms with E-state index in [1.165, 1.54) is 117 Å². The molecule has 11 aromatic rings. The summed E-state index contributed by atoms with van der Waals surface area (Å²) in [5.41, 5.74) is 7.13. The molecule has 38 heteroatoms. The SMILES string of the molecule is CSF.O=C1Cc2nc(-c3ccc(OC(F)(F)F)cc3)ccc2O1.O=c1oc2ccc(-c3ccc(OC(F)(F)F)cc3)nc2n1CC1CCCO1.O=c1oc2ccc(-c3ccc(OC(F)(F)F)cc3)nc2n1C[C@@H]1CCCO1.O=c1oc2ccc(-c3ccc(OC(F)(F)F)cc3)nc2n1C[C@H]1CCCO1.OCC1CCCO1. The molecule has 12 heterocycles. The van der Waals surface area contributed by atoms with Gasteiger partial charge >= 0.3 is 48.7 Å². The van der Waals surface area contributed by atoms with Gasteiger partial charge in [-0.2, -0.15) is 3.89 Å². The first kappa shape index (κ1) is 82.2. The lowest BCUT2D eigenvalue weighted by molar-refractivity contribution is -0.275. The van der Waals surface area contributed by atoms with Crippen molar-refractivity contribution in [2.75, 3.05) is 39.3 Å². The Labute approximate surface area is 628 Å². The number of carbonyl (C=O) groups excluding carboxylic acids is 1. The predicted molar refractivity (Wildman–Crippen MR) is 374 cm³/mol. The molecule has 4 atom stereocenters. The van der Waals surface area contributed by atoms with Crippen LogP contribution in [-0.4, -0.2) is 134 Å². The van der Waals surface area contributed by atoms with Crippen LogP contribution in [0.5, 0.6) is 28.7 Å². The van der Waals surface area contributed by atoms with Crippen molar-refractivity contribution in [3.8, 4) is 73.8 Å². The Balaban J connectivity index is 0.000000142. The molecule has 5 aliphatic rings. The number of oxazole rings is 3. The van der Waals surface area contributed by atoms with E-state index in [-0.39, 0.29) is 78.6 Å². The smallest absolute Gasteiger partial charge is 0.424 e. The van der Waals surface area contributed by atoms with Gasteiger partial charge in [-0.3, -0.25) is 18.5 Å². The number of hydrogen-bond acceptors (Lipinski definition) is 22. The lowest BCUT2D eigenvalue weighted by Gasteiger charge is -2.10. The molecule has 24 nitrogen and oxygen atoms in total. The highest BCUT2D eigenvalue weighted by Crippen LogP contribution is 2.34. The fourth-order valence-electron chi connectivity index (χ4n) is 12.0. The van der Waals surface area contributed by atoms with Gasteiger partial charge in [0, 0.05) is 67.1 Å². The second-order valence-corrected chi connectivity index (χ2v) is 25.3. The monoisotopic (exact) mass is 1600 g/mol. The summed E-state index contributed by atoms with van der Waals surface area (Å²) in [5.74, 6) is -2.74.